The number of carbonyl (C=O) groups is 4. The molecular formula is C22H31N5O5S. The number of amides is 3. The number of H-pyrrole nitrogens is 1. The van der Waals surface area contributed by atoms with Gasteiger partial charge in [0.05, 0.1) is 6.04 Å². The summed E-state index contributed by atoms with van der Waals surface area (Å²) < 4.78 is 0. The highest BCUT2D eigenvalue weighted by molar-refractivity contribution is 7.80. The molecule has 3 amide bonds. The van der Waals surface area contributed by atoms with E-state index in [2.05, 4.69) is 33.6 Å². The summed E-state index contributed by atoms with van der Waals surface area (Å²) in [6.07, 6.45) is 1.76. The van der Waals surface area contributed by atoms with Crippen LogP contribution in [0.15, 0.2) is 30.5 Å². The Balaban J connectivity index is 2.01. The van der Waals surface area contributed by atoms with E-state index in [-0.39, 0.29) is 18.1 Å². The van der Waals surface area contributed by atoms with Crippen molar-refractivity contribution in [1.82, 2.24) is 20.9 Å². The first-order chi connectivity index (χ1) is 15.5. The maximum Gasteiger partial charge on any atom is 0.326 e. The fourth-order valence-corrected chi connectivity index (χ4v) is 3.42. The molecule has 10 nitrogen and oxygen atoms in total. The van der Waals surface area contributed by atoms with Gasteiger partial charge in [-0.1, -0.05) is 32.0 Å². The lowest BCUT2D eigenvalue weighted by molar-refractivity contribution is -0.142. The Kier molecular flexibility index (Phi) is 9.30. The van der Waals surface area contributed by atoms with Gasteiger partial charge in [-0.05, 0) is 24.5 Å². The number of fused-ring (bicyclic) bond motifs is 1. The second-order valence-corrected chi connectivity index (χ2v) is 8.57. The number of thiol groups is 1. The van der Waals surface area contributed by atoms with Crippen molar-refractivity contribution in [3.8, 4) is 0 Å². The summed E-state index contributed by atoms with van der Waals surface area (Å²) in [4.78, 5) is 52.1. The number of hydrogen-bond acceptors (Lipinski definition) is 6. The highest BCUT2D eigenvalue weighted by atomic mass is 32.1. The fraction of sp³-hybridized carbons (Fsp3) is 0.455. The molecule has 33 heavy (non-hydrogen) atoms. The Morgan fingerprint density at radius 1 is 1.00 bits per heavy atom. The van der Waals surface area contributed by atoms with Crippen molar-refractivity contribution in [2.75, 3.05) is 5.75 Å². The van der Waals surface area contributed by atoms with Crippen LogP contribution in [0.3, 0.4) is 0 Å². The van der Waals surface area contributed by atoms with Gasteiger partial charge in [0.25, 0.3) is 0 Å². The van der Waals surface area contributed by atoms with Gasteiger partial charge in [0, 0.05) is 29.3 Å². The van der Waals surface area contributed by atoms with E-state index in [0.29, 0.717) is 0 Å². The predicted octanol–water partition coefficient (Wildman–Crippen LogP) is 0.182. The van der Waals surface area contributed by atoms with Gasteiger partial charge in [0.1, 0.15) is 18.1 Å². The number of benzene rings is 1. The van der Waals surface area contributed by atoms with Crippen molar-refractivity contribution < 1.29 is 24.3 Å². The maximum absolute atomic E-state index is 12.7. The molecule has 1 heterocycles. The van der Waals surface area contributed by atoms with Gasteiger partial charge in [0.2, 0.25) is 17.7 Å². The largest absolute Gasteiger partial charge is 0.480 e. The second-order valence-electron chi connectivity index (χ2n) is 8.21. The smallest absolute Gasteiger partial charge is 0.326 e. The first-order valence-electron chi connectivity index (χ1n) is 10.6. The van der Waals surface area contributed by atoms with Crippen molar-refractivity contribution >= 4 is 47.2 Å². The van der Waals surface area contributed by atoms with Crippen molar-refractivity contribution in [2.45, 2.75) is 51.4 Å². The lowest BCUT2D eigenvalue weighted by Gasteiger charge is -2.23. The first kappa shape index (κ1) is 26.2. The Morgan fingerprint density at radius 3 is 2.24 bits per heavy atom. The SMILES string of the molecule is CC(NC(=O)C(N)C(C)C)C(=O)NC(CS)C(=O)NC(Cc1c[nH]c2ccccc12)C(=O)O. The van der Waals surface area contributed by atoms with E-state index in [4.69, 9.17) is 5.73 Å². The highest BCUT2D eigenvalue weighted by Crippen LogP contribution is 2.19. The van der Waals surface area contributed by atoms with E-state index < -0.39 is 47.9 Å². The third-order valence-corrected chi connectivity index (χ3v) is 5.67. The normalized spacial score (nSPS) is 14.8. The van der Waals surface area contributed by atoms with Gasteiger partial charge >= 0.3 is 5.97 Å². The molecule has 0 fully saturated rings. The van der Waals surface area contributed by atoms with Crippen LogP contribution in [0.4, 0.5) is 0 Å². The molecule has 0 radical (unpaired) electrons. The van der Waals surface area contributed by atoms with Gasteiger partial charge in [-0.3, -0.25) is 14.4 Å². The van der Waals surface area contributed by atoms with Crippen molar-refractivity contribution in [2.24, 2.45) is 11.7 Å². The van der Waals surface area contributed by atoms with Gasteiger partial charge in [-0.25, -0.2) is 4.79 Å². The molecular weight excluding hydrogens is 446 g/mol. The predicted molar refractivity (Wildman–Crippen MR) is 128 cm³/mol. The highest BCUT2D eigenvalue weighted by Gasteiger charge is 2.29. The molecule has 2 rings (SSSR count). The summed E-state index contributed by atoms with van der Waals surface area (Å²) in [5, 5.41) is 17.9. The van der Waals surface area contributed by atoms with Crippen LogP contribution < -0.4 is 21.7 Å². The molecule has 0 bridgehead atoms. The van der Waals surface area contributed by atoms with E-state index in [1.54, 1.807) is 20.0 Å². The van der Waals surface area contributed by atoms with Crippen LogP contribution in [0.25, 0.3) is 10.9 Å². The Labute approximate surface area is 197 Å². The van der Waals surface area contributed by atoms with Crippen LogP contribution in [0.1, 0.15) is 26.3 Å². The van der Waals surface area contributed by atoms with Crippen molar-refractivity contribution in [1.29, 1.82) is 0 Å². The molecule has 180 valence electrons. The number of para-hydroxylation sites is 1. The zero-order chi connectivity index (χ0) is 24.7. The van der Waals surface area contributed by atoms with Gasteiger partial charge in [-0.15, -0.1) is 0 Å². The zero-order valence-corrected chi connectivity index (χ0v) is 19.7. The van der Waals surface area contributed by atoms with Gasteiger partial charge < -0.3 is 31.8 Å². The van der Waals surface area contributed by atoms with Crippen LogP contribution in [-0.2, 0) is 25.6 Å². The number of hydrogen-bond donors (Lipinski definition) is 7. The fourth-order valence-electron chi connectivity index (χ4n) is 3.16. The van der Waals surface area contributed by atoms with E-state index in [9.17, 15) is 24.3 Å². The molecule has 4 unspecified atom stereocenters. The third-order valence-electron chi connectivity index (χ3n) is 5.30. The van der Waals surface area contributed by atoms with Crippen LogP contribution in [0.5, 0.6) is 0 Å². The van der Waals surface area contributed by atoms with E-state index in [1.807, 2.05) is 24.3 Å². The topological polar surface area (TPSA) is 166 Å². The average molecular weight is 478 g/mol. The number of nitrogens with one attached hydrogen (secondary N) is 4. The molecule has 0 aliphatic rings. The average Bonchev–Trinajstić information content (AvgIpc) is 3.18. The minimum atomic E-state index is -1.21. The number of rotatable bonds is 11. The third kappa shape index (κ3) is 6.96. The summed E-state index contributed by atoms with van der Waals surface area (Å²) in [6, 6.07) is 3.41. The number of carboxylic acid groups (broad SMARTS) is 1. The molecule has 11 heteroatoms. The minimum absolute atomic E-state index is 0.0534. The molecule has 0 aliphatic heterocycles. The summed E-state index contributed by atoms with van der Waals surface area (Å²) in [7, 11) is 0. The van der Waals surface area contributed by atoms with Crippen molar-refractivity contribution in [3.63, 3.8) is 0 Å². The molecule has 0 spiro atoms. The molecule has 1 aromatic heterocycles. The van der Waals surface area contributed by atoms with Crippen LogP contribution in [-0.4, -0.2) is 63.7 Å². The van der Waals surface area contributed by atoms with Crippen molar-refractivity contribution in [3.05, 3.63) is 36.0 Å². The Bertz CT molecular complexity index is 1010. The number of aromatic nitrogens is 1. The summed E-state index contributed by atoms with van der Waals surface area (Å²) in [5.74, 6) is -3.17. The molecule has 4 atom stereocenters. The Morgan fingerprint density at radius 2 is 1.64 bits per heavy atom. The number of carboxylic acids is 1. The number of aromatic amines is 1. The van der Waals surface area contributed by atoms with E-state index in [1.165, 1.54) is 6.92 Å². The monoisotopic (exact) mass is 477 g/mol. The van der Waals surface area contributed by atoms with Crippen LogP contribution >= 0.6 is 12.6 Å². The number of carbonyl (C=O) groups excluding carboxylic acids is 3. The number of nitrogens with two attached hydrogens (primary N) is 1. The lowest BCUT2D eigenvalue weighted by atomic mass is 10.0. The first-order valence-corrected chi connectivity index (χ1v) is 11.2. The van der Waals surface area contributed by atoms with Crippen LogP contribution in [0.2, 0.25) is 0 Å². The zero-order valence-electron chi connectivity index (χ0n) is 18.8. The summed E-state index contributed by atoms with van der Waals surface area (Å²) in [6.45, 7) is 5.03. The molecule has 2 aromatic rings. The van der Waals surface area contributed by atoms with Gasteiger partial charge in [0.15, 0.2) is 0 Å². The molecule has 7 N–H and O–H groups in total. The lowest BCUT2D eigenvalue weighted by Crippen LogP contribution is -2.57. The van der Waals surface area contributed by atoms with Crippen LogP contribution in [0, 0.1) is 5.92 Å². The number of aliphatic carboxylic acids is 1. The quantitative estimate of drug-likeness (QED) is 0.228. The second kappa shape index (κ2) is 11.7. The summed E-state index contributed by atoms with van der Waals surface area (Å²) in [5.41, 5.74) is 7.38. The molecule has 0 aliphatic carbocycles. The minimum Gasteiger partial charge on any atom is -0.480 e. The molecule has 0 saturated carbocycles. The molecule has 0 saturated heterocycles. The van der Waals surface area contributed by atoms with E-state index >= 15 is 0 Å². The molecule has 1 aromatic carbocycles. The van der Waals surface area contributed by atoms with Gasteiger partial charge in [-0.2, -0.15) is 12.6 Å². The Hall–Kier alpha value is -3.05. The summed E-state index contributed by atoms with van der Waals surface area (Å²) >= 11 is 4.10. The standard InChI is InChI=1S/C22H31N5O5S/c1-11(2)18(23)21(30)25-12(3)19(28)27-17(10-33)20(29)26-16(22(31)32)8-13-9-24-15-7-5-4-6-14(13)15/h4-7,9,11-12,16-18,24,33H,8,10,23H2,1-3H3,(H,25,30)(H,26,29)(H,27,28)(H,31,32). The van der Waals surface area contributed by atoms with E-state index in [0.717, 1.165) is 16.5 Å². The maximum atomic E-state index is 12.7.